The molecule has 0 saturated carbocycles. The van der Waals surface area contributed by atoms with Crippen LogP contribution in [-0.4, -0.2) is 17.9 Å². The van der Waals surface area contributed by atoms with Crippen LogP contribution in [0, 0.1) is 11.3 Å². The van der Waals surface area contributed by atoms with Crippen LogP contribution in [0.25, 0.3) is 5.70 Å². The molecule has 0 radical (unpaired) electrons. The zero-order valence-corrected chi connectivity index (χ0v) is 15.9. The first-order valence-corrected chi connectivity index (χ1v) is 9.11. The van der Waals surface area contributed by atoms with E-state index in [1.807, 2.05) is 83.8 Å². The Balaban J connectivity index is 1.89. The van der Waals surface area contributed by atoms with Gasteiger partial charge in [-0.1, -0.05) is 36.4 Å². The highest BCUT2D eigenvalue weighted by Gasteiger charge is 2.25. The number of aliphatic imine (C=N–C) groups is 1. The molecular formula is C24H18N4O. The Morgan fingerprint density at radius 1 is 0.931 bits per heavy atom. The van der Waals surface area contributed by atoms with E-state index in [1.54, 1.807) is 13.3 Å². The molecule has 1 aliphatic heterocycles. The Hall–Kier alpha value is -4.17. The fourth-order valence-corrected chi connectivity index (χ4v) is 3.11. The lowest BCUT2D eigenvalue weighted by atomic mass is 10.1. The molecule has 0 N–H and O–H groups in total. The van der Waals surface area contributed by atoms with Gasteiger partial charge in [-0.15, -0.1) is 0 Å². The third-order valence-corrected chi connectivity index (χ3v) is 4.49. The van der Waals surface area contributed by atoms with E-state index in [0.717, 1.165) is 22.6 Å². The molecule has 0 amide bonds. The minimum atomic E-state index is 0.696. The highest BCUT2D eigenvalue weighted by molar-refractivity contribution is 6.15. The molecule has 5 heteroatoms. The van der Waals surface area contributed by atoms with Crippen LogP contribution in [0.5, 0.6) is 5.75 Å². The number of anilines is 1. The molecule has 29 heavy (non-hydrogen) atoms. The molecule has 0 unspecified atom stereocenters. The van der Waals surface area contributed by atoms with Gasteiger partial charge in [-0.05, 0) is 42.5 Å². The third kappa shape index (κ3) is 3.78. The van der Waals surface area contributed by atoms with E-state index in [2.05, 4.69) is 11.1 Å². The lowest BCUT2D eigenvalue weighted by molar-refractivity contribution is 0.415. The molecule has 1 aromatic heterocycles. The van der Waals surface area contributed by atoms with Gasteiger partial charge in [0, 0.05) is 23.4 Å². The number of pyridine rings is 1. The summed E-state index contributed by atoms with van der Waals surface area (Å²) in [6.45, 7) is 0. The average molecular weight is 378 g/mol. The maximum Gasteiger partial charge on any atom is 0.146 e. The number of hydrogen-bond donors (Lipinski definition) is 0. The molecule has 0 saturated heterocycles. The van der Waals surface area contributed by atoms with E-state index in [1.165, 1.54) is 6.08 Å². The van der Waals surface area contributed by atoms with Crippen LogP contribution in [0.4, 0.5) is 5.82 Å². The zero-order chi connectivity index (χ0) is 20.1. The molecule has 5 nitrogen and oxygen atoms in total. The average Bonchev–Trinajstić information content (AvgIpc) is 2.80. The molecule has 0 spiro atoms. The SMILES string of the molecule is COc1ccc(C2=C/C(=C\C#N)N(c3ccccn3)C(c3ccccc3)=N2)cc1. The third-order valence-electron chi connectivity index (χ3n) is 4.49. The molecule has 2 heterocycles. The topological polar surface area (TPSA) is 61.5 Å². The van der Waals surface area contributed by atoms with Crippen molar-refractivity contribution in [2.75, 3.05) is 12.0 Å². The Bertz CT molecular complexity index is 1130. The second kappa shape index (κ2) is 8.24. The van der Waals surface area contributed by atoms with Crippen molar-refractivity contribution < 1.29 is 4.74 Å². The van der Waals surface area contributed by atoms with Crippen molar-refractivity contribution in [2.24, 2.45) is 4.99 Å². The van der Waals surface area contributed by atoms with Gasteiger partial charge in [0.25, 0.3) is 0 Å². The van der Waals surface area contributed by atoms with Gasteiger partial charge in [0.2, 0.25) is 0 Å². The molecular weight excluding hydrogens is 360 g/mol. The van der Waals surface area contributed by atoms with Crippen molar-refractivity contribution in [3.8, 4) is 11.8 Å². The van der Waals surface area contributed by atoms with Gasteiger partial charge in [-0.3, -0.25) is 4.90 Å². The Morgan fingerprint density at radius 3 is 2.34 bits per heavy atom. The van der Waals surface area contributed by atoms with Gasteiger partial charge in [0.05, 0.1) is 24.6 Å². The number of nitrogens with zero attached hydrogens (tertiary/aromatic N) is 4. The largest absolute Gasteiger partial charge is 0.497 e. The summed E-state index contributed by atoms with van der Waals surface area (Å²) in [4.78, 5) is 11.3. The maximum absolute atomic E-state index is 9.41. The summed E-state index contributed by atoms with van der Waals surface area (Å²) in [7, 11) is 1.64. The van der Waals surface area contributed by atoms with Crippen LogP contribution >= 0.6 is 0 Å². The Kier molecular flexibility index (Phi) is 5.17. The van der Waals surface area contributed by atoms with E-state index >= 15 is 0 Å². The van der Waals surface area contributed by atoms with Gasteiger partial charge < -0.3 is 4.74 Å². The zero-order valence-electron chi connectivity index (χ0n) is 15.9. The summed E-state index contributed by atoms with van der Waals surface area (Å²) in [6, 6.07) is 25.4. The van der Waals surface area contributed by atoms with Gasteiger partial charge in [0.15, 0.2) is 0 Å². The lowest BCUT2D eigenvalue weighted by Crippen LogP contribution is -2.33. The molecule has 3 aromatic rings. The summed E-state index contributed by atoms with van der Waals surface area (Å²) in [5.74, 6) is 2.18. The number of amidine groups is 1. The summed E-state index contributed by atoms with van der Waals surface area (Å²) < 4.78 is 5.26. The van der Waals surface area contributed by atoms with Gasteiger partial charge in [0.1, 0.15) is 17.4 Å². The van der Waals surface area contributed by atoms with Crippen molar-refractivity contribution in [3.05, 3.63) is 108 Å². The van der Waals surface area contributed by atoms with Gasteiger partial charge in [-0.2, -0.15) is 5.26 Å². The highest BCUT2D eigenvalue weighted by Crippen LogP contribution is 2.31. The molecule has 0 bridgehead atoms. The quantitative estimate of drug-likeness (QED) is 0.612. The van der Waals surface area contributed by atoms with Crippen LogP contribution in [0.3, 0.4) is 0 Å². The van der Waals surface area contributed by atoms with E-state index in [-0.39, 0.29) is 0 Å². The normalized spacial score (nSPS) is 14.8. The second-order valence-electron chi connectivity index (χ2n) is 6.28. The first-order chi connectivity index (χ1) is 14.3. The maximum atomic E-state index is 9.41. The summed E-state index contributed by atoms with van der Waals surface area (Å²) in [5.41, 5.74) is 3.33. The number of benzene rings is 2. The van der Waals surface area contributed by atoms with Crippen LogP contribution in [0.2, 0.25) is 0 Å². The smallest absolute Gasteiger partial charge is 0.146 e. The molecule has 4 rings (SSSR count). The minimum Gasteiger partial charge on any atom is -0.497 e. The van der Waals surface area contributed by atoms with Crippen molar-refractivity contribution in [2.45, 2.75) is 0 Å². The molecule has 0 atom stereocenters. The summed E-state index contributed by atoms with van der Waals surface area (Å²) in [6.07, 6.45) is 5.13. The predicted octanol–water partition coefficient (Wildman–Crippen LogP) is 4.81. The van der Waals surface area contributed by atoms with Crippen LogP contribution in [0.15, 0.2) is 102 Å². The van der Waals surface area contributed by atoms with Crippen molar-refractivity contribution in [1.82, 2.24) is 4.98 Å². The minimum absolute atomic E-state index is 0.696. The molecule has 2 aromatic carbocycles. The van der Waals surface area contributed by atoms with Gasteiger partial charge in [-0.25, -0.2) is 9.98 Å². The second-order valence-corrected chi connectivity index (χ2v) is 6.28. The lowest BCUT2D eigenvalue weighted by Gasteiger charge is -2.29. The van der Waals surface area contributed by atoms with E-state index in [9.17, 15) is 5.26 Å². The molecule has 0 fully saturated rings. The molecule has 0 aliphatic carbocycles. The standard InChI is InChI=1S/C24H18N4O/c1-29-21-12-10-18(11-13-21)22-17-20(14-15-25)28(23-9-5-6-16-26-23)24(27-22)19-7-3-2-4-8-19/h2-14,16-17H,1H3/b20-14+. The number of ether oxygens (including phenoxy) is 1. The van der Waals surface area contributed by atoms with Crippen LogP contribution < -0.4 is 9.64 Å². The Morgan fingerprint density at radius 2 is 1.69 bits per heavy atom. The van der Waals surface area contributed by atoms with Crippen molar-refractivity contribution in [1.29, 1.82) is 5.26 Å². The van der Waals surface area contributed by atoms with Crippen molar-refractivity contribution >= 4 is 17.4 Å². The highest BCUT2D eigenvalue weighted by atomic mass is 16.5. The number of methoxy groups -OCH3 is 1. The number of hydrogen-bond acceptors (Lipinski definition) is 5. The fraction of sp³-hybridized carbons (Fsp3) is 0.0417. The number of rotatable bonds is 4. The molecule has 140 valence electrons. The van der Waals surface area contributed by atoms with Gasteiger partial charge >= 0.3 is 0 Å². The van der Waals surface area contributed by atoms with E-state index < -0.39 is 0 Å². The predicted molar refractivity (Wildman–Crippen MR) is 114 cm³/mol. The molecule has 1 aliphatic rings. The van der Waals surface area contributed by atoms with Crippen LogP contribution in [-0.2, 0) is 0 Å². The monoisotopic (exact) mass is 378 g/mol. The van der Waals surface area contributed by atoms with Crippen molar-refractivity contribution in [3.63, 3.8) is 0 Å². The number of nitriles is 1. The summed E-state index contributed by atoms with van der Waals surface area (Å²) >= 11 is 0. The van der Waals surface area contributed by atoms with Crippen LogP contribution in [0.1, 0.15) is 11.1 Å². The van der Waals surface area contributed by atoms with E-state index in [0.29, 0.717) is 17.4 Å². The number of allylic oxidation sites excluding steroid dienone is 2. The summed E-state index contributed by atoms with van der Waals surface area (Å²) in [5, 5.41) is 9.41. The fourth-order valence-electron chi connectivity index (χ4n) is 3.11. The number of aromatic nitrogens is 1. The first-order valence-electron chi connectivity index (χ1n) is 9.11. The first kappa shape index (κ1) is 18.2. The van der Waals surface area contributed by atoms with E-state index in [4.69, 9.17) is 9.73 Å². The Labute approximate surface area is 169 Å².